The summed E-state index contributed by atoms with van der Waals surface area (Å²) >= 11 is 1.36. The van der Waals surface area contributed by atoms with E-state index in [-0.39, 0.29) is 41.4 Å². The molecule has 1 N–H and O–H groups in total. The van der Waals surface area contributed by atoms with Gasteiger partial charge in [0.05, 0.1) is 35.9 Å². The number of benzene rings is 2. The van der Waals surface area contributed by atoms with Crippen LogP contribution in [0.3, 0.4) is 0 Å². The SMILES string of the molecule is CN(C)[C@@H]1CCN2CCN(c3c(NC(=O)Cc4csc(-c5ccnnc5)n4)ccc(Oc4ccccc4)c3C(F)(F)F)C[C@@H]12. The van der Waals surface area contributed by atoms with E-state index in [9.17, 15) is 4.79 Å². The Morgan fingerprint density at radius 2 is 1.91 bits per heavy atom. The maximum atomic E-state index is 15.0. The molecular weight excluding hydrogens is 591 g/mol. The average molecular weight is 624 g/mol. The summed E-state index contributed by atoms with van der Waals surface area (Å²) < 4.78 is 50.9. The fourth-order valence-corrected chi connectivity index (χ4v) is 6.87. The Morgan fingerprint density at radius 1 is 1.09 bits per heavy atom. The van der Waals surface area contributed by atoms with Crippen molar-refractivity contribution in [3.63, 3.8) is 0 Å². The zero-order valence-electron chi connectivity index (χ0n) is 24.3. The lowest BCUT2D eigenvalue weighted by Crippen LogP contribution is -2.56. The zero-order valence-corrected chi connectivity index (χ0v) is 25.1. The highest BCUT2D eigenvalue weighted by Gasteiger charge is 2.44. The number of carbonyl (C=O) groups is 1. The summed E-state index contributed by atoms with van der Waals surface area (Å²) in [5, 5.41) is 12.8. The van der Waals surface area contributed by atoms with Gasteiger partial charge in [-0.15, -0.1) is 11.3 Å². The largest absolute Gasteiger partial charge is 0.457 e. The quantitative estimate of drug-likeness (QED) is 0.279. The topological polar surface area (TPSA) is 86.7 Å². The molecule has 2 aliphatic heterocycles. The predicted molar refractivity (Wildman–Crippen MR) is 163 cm³/mol. The number of hydrogen-bond acceptors (Lipinski definition) is 9. The molecule has 6 rings (SSSR count). The molecule has 2 aromatic carbocycles. The molecule has 9 nitrogen and oxygen atoms in total. The van der Waals surface area contributed by atoms with Crippen molar-refractivity contribution in [2.75, 3.05) is 50.5 Å². The molecule has 0 radical (unpaired) electrons. The predicted octanol–water partition coefficient (Wildman–Crippen LogP) is 5.42. The fraction of sp³-hybridized carbons (Fsp3) is 0.355. The third kappa shape index (κ3) is 6.40. The van der Waals surface area contributed by atoms with Crippen LogP contribution < -0.4 is 15.0 Å². The van der Waals surface area contributed by atoms with Crippen molar-refractivity contribution in [3.05, 3.63) is 77.6 Å². The van der Waals surface area contributed by atoms with Gasteiger partial charge in [0.15, 0.2) is 0 Å². The highest BCUT2D eigenvalue weighted by molar-refractivity contribution is 7.13. The van der Waals surface area contributed by atoms with Crippen LogP contribution in [0, 0.1) is 0 Å². The number of fused-ring (bicyclic) bond motifs is 1. The van der Waals surface area contributed by atoms with Crippen LogP contribution in [0.15, 0.2) is 66.3 Å². The molecule has 2 aromatic heterocycles. The van der Waals surface area contributed by atoms with Crippen molar-refractivity contribution in [1.29, 1.82) is 0 Å². The van der Waals surface area contributed by atoms with Gasteiger partial charge in [0, 0.05) is 49.2 Å². The van der Waals surface area contributed by atoms with Crippen LogP contribution in [0.5, 0.6) is 11.5 Å². The number of carbonyl (C=O) groups excluding carboxylic acids is 1. The molecule has 230 valence electrons. The molecule has 1 amide bonds. The minimum atomic E-state index is -4.75. The molecular formula is C31H32F3N7O2S. The van der Waals surface area contributed by atoms with Crippen molar-refractivity contribution < 1.29 is 22.7 Å². The molecule has 2 fully saturated rings. The van der Waals surface area contributed by atoms with E-state index in [1.54, 1.807) is 59.1 Å². The average Bonchev–Trinajstić information content (AvgIpc) is 3.65. The molecule has 2 saturated heterocycles. The van der Waals surface area contributed by atoms with Gasteiger partial charge in [-0.2, -0.15) is 23.4 Å². The Bertz CT molecular complexity index is 1600. The second-order valence-corrected chi connectivity index (χ2v) is 12.0. The number of aromatic nitrogens is 3. The van der Waals surface area contributed by atoms with Crippen LogP contribution in [-0.2, 0) is 17.4 Å². The summed E-state index contributed by atoms with van der Waals surface area (Å²) in [5.74, 6) is -0.492. The first-order valence-corrected chi connectivity index (χ1v) is 15.2. The number of likely N-dealkylation sites (N-methyl/N-ethyl adjacent to an activating group) is 1. The number of nitrogens with one attached hydrogen (secondary N) is 1. The number of nitrogens with zero attached hydrogens (tertiary/aromatic N) is 6. The second-order valence-electron chi connectivity index (χ2n) is 11.1. The van der Waals surface area contributed by atoms with Gasteiger partial charge in [-0.25, -0.2) is 4.98 Å². The normalized spacial score (nSPS) is 18.8. The first-order chi connectivity index (χ1) is 21.2. The van der Waals surface area contributed by atoms with Crippen molar-refractivity contribution in [2.24, 2.45) is 0 Å². The standard InChI is InChI=1S/C31H32F3N7O2S/c1-39(2)24-11-13-40-14-15-41(18-25(24)40)29-23(8-9-26(28(29)31(32,33)34)43-22-6-4-3-5-7-22)38-27(42)16-21-19-44-30(37-21)20-10-12-35-36-17-20/h3-10,12,17,19,24-25H,11,13-16,18H2,1-2H3,(H,38,42)/t24-,25+/m1/s1. The van der Waals surface area contributed by atoms with E-state index >= 15 is 13.2 Å². The van der Waals surface area contributed by atoms with Crippen molar-refractivity contribution in [1.82, 2.24) is 25.0 Å². The lowest BCUT2D eigenvalue weighted by atomic mass is 10.0. The summed E-state index contributed by atoms with van der Waals surface area (Å²) in [4.78, 5) is 24.1. The van der Waals surface area contributed by atoms with Gasteiger partial charge in [0.2, 0.25) is 5.91 Å². The van der Waals surface area contributed by atoms with Crippen LogP contribution >= 0.6 is 11.3 Å². The molecule has 4 aromatic rings. The Hall–Kier alpha value is -4.07. The van der Waals surface area contributed by atoms with Gasteiger partial charge in [-0.05, 0) is 50.8 Å². The highest BCUT2D eigenvalue weighted by Crippen LogP contribution is 2.48. The Morgan fingerprint density at radius 3 is 2.64 bits per heavy atom. The lowest BCUT2D eigenvalue weighted by molar-refractivity contribution is -0.138. The Labute approximate surface area is 257 Å². The molecule has 0 bridgehead atoms. The fourth-order valence-electron chi connectivity index (χ4n) is 6.06. The molecule has 0 unspecified atom stereocenters. The van der Waals surface area contributed by atoms with Crippen molar-refractivity contribution in [3.8, 4) is 22.1 Å². The third-order valence-corrected chi connectivity index (χ3v) is 9.00. The second kappa shape index (κ2) is 12.5. The van der Waals surface area contributed by atoms with E-state index in [4.69, 9.17) is 4.74 Å². The van der Waals surface area contributed by atoms with Crippen LogP contribution in [0.1, 0.15) is 17.7 Å². The highest BCUT2D eigenvalue weighted by atomic mass is 32.1. The van der Waals surface area contributed by atoms with Gasteiger partial charge in [-0.1, -0.05) is 18.2 Å². The van der Waals surface area contributed by atoms with Crippen LogP contribution in [-0.4, -0.2) is 83.2 Å². The zero-order chi connectivity index (χ0) is 30.8. The monoisotopic (exact) mass is 623 g/mol. The van der Waals surface area contributed by atoms with Gasteiger partial charge in [0.25, 0.3) is 0 Å². The molecule has 4 heterocycles. The molecule has 2 aliphatic rings. The number of thiazole rings is 1. The number of anilines is 2. The summed E-state index contributed by atoms with van der Waals surface area (Å²) in [5.41, 5.74) is 0.377. The summed E-state index contributed by atoms with van der Waals surface area (Å²) in [6, 6.07) is 13.2. The molecule has 0 spiro atoms. The van der Waals surface area contributed by atoms with E-state index < -0.39 is 17.6 Å². The summed E-state index contributed by atoms with van der Waals surface area (Å²) in [6.45, 7) is 2.29. The van der Waals surface area contributed by atoms with E-state index in [0.29, 0.717) is 30.3 Å². The van der Waals surface area contributed by atoms with Crippen LogP contribution in [0.4, 0.5) is 24.5 Å². The number of alkyl halides is 3. The number of amides is 1. The maximum absolute atomic E-state index is 15.0. The van der Waals surface area contributed by atoms with Gasteiger partial charge >= 0.3 is 6.18 Å². The number of ether oxygens (including phenoxy) is 1. The first kappa shape index (κ1) is 30.0. The van der Waals surface area contributed by atoms with E-state index in [1.807, 2.05) is 14.1 Å². The molecule has 0 saturated carbocycles. The lowest BCUT2D eigenvalue weighted by Gasteiger charge is -2.43. The van der Waals surface area contributed by atoms with Crippen LogP contribution in [0.25, 0.3) is 10.6 Å². The summed E-state index contributed by atoms with van der Waals surface area (Å²) in [6.07, 6.45) is -0.769. The third-order valence-electron chi connectivity index (χ3n) is 8.06. The van der Waals surface area contributed by atoms with Crippen molar-refractivity contribution >= 4 is 28.6 Å². The number of hydrogen-bond donors (Lipinski definition) is 1. The number of halogens is 3. The molecule has 13 heteroatoms. The van der Waals surface area contributed by atoms with Crippen molar-refractivity contribution in [2.45, 2.75) is 31.1 Å². The Balaban J connectivity index is 1.34. The molecule has 2 atom stereocenters. The van der Waals surface area contributed by atoms with Gasteiger partial charge in [0.1, 0.15) is 22.1 Å². The van der Waals surface area contributed by atoms with E-state index in [1.165, 1.54) is 23.5 Å². The Kier molecular flexibility index (Phi) is 8.52. The smallest absolute Gasteiger partial charge is 0.422 e. The molecule has 0 aliphatic carbocycles. The minimum Gasteiger partial charge on any atom is -0.457 e. The molecule has 44 heavy (non-hydrogen) atoms. The van der Waals surface area contributed by atoms with E-state index in [0.717, 1.165) is 18.5 Å². The minimum absolute atomic E-state index is 0.0539. The number of piperazine rings is 1. The van der Waals surface area contributed by atoms with Gasteiger partial charge < -0.3 is 19.9 Å². The van der Waals surface area contributed by atoms with Gasteiger partial charge in [-0.3, -0.25) is 9.69 Å². The maximum Gasteiger partial charge on any atom is 0.422 e. The first-order valence-electron chi connectivity index (χ1n) is 14.3. The summed E-state index contributed by atoms with van der Waals surface area (Å²) in [7, 11) is 4.01. The van der Waals surface area contributed by atoms with Crippen LogP contribution in [0.2, 0.25) is 0 Å². The van der Waals surface area contributed by atoms with E-state index in [2.05, 4.69) is 30.3 Å². The number of para-hydroxylation sites is 1. The number of rotatable bonds is 8.